The third-order valence-corrected chi connectivity index (χ3v) is 2.58. The Balaban J connectivity index is 1.96. The van der Waals surface area contributed by atoms with E-state index >= 15 is 0 Å². The summed E-state index contributed by atoms with van der Waals surface area (Å²) in [6.45, 7) is 2.32. The second-order valence-corrected chi connectivity index (χ2v) is 4.03. The molecule has 0 spiro atoms. The number of nitrogens with zero attached hydrogens (tertiary/aromatic N) is 2. The van der Waals surface area contributed by atoms with E-state index in [9.17, 15) is 4.39 Å². The average Bonchev–Trinajstić information content (AvgIpc) is 2.64. The van der Waals surface area contributed by atoms with Gasteiger partial charge in [-0.05, 0) is 19.1 Å². The van der Waals surface area contributed by atoms with E-state index < -0.39 is 5.95 Å². The molecule has 15 heavy (non-hydrogen) atoms. The normalized spacial score (nSPS) is 10.3. The smallest absolute Gasteiger partial charge is 0.213 e. The van der Waals surface area contributed by atoms with Crippen molar-refractivity contribution in [1.29, 1.82) is 0 Å². The van der Waals surface area contributed by atoms with Gasteiger partial charge in [0.05, 0.1) is 16.9 Å². The standard InChI is InChI=1S/C10H9FN2OS/c1-7-13-8(6-15-7)5-14-9-2-3-10(11)12-4-9/h2-4,6H,5H2,1H3. The Morgan fingerprint density at radius 1 is 1.47 bits per heavy atom. The van der Waals surface area contributed by atoms with Gasteiger partial charge in [0, 0.05) is 5.38 Å². The highest BCUT2D eigenvalue weighted by Crippen LogP contribution is 2.13. The van der Waals surface area contributed by atoms with Gasteiger partial charge in [-0.25, -0.2) is 9.97 Å². The van der Waals surface area contributed by atoms with Crippen LogP contribution in [0.1, 0.15) is 10.7 Å². The number of thiazole rings is 1. The maximum absolute atomic E-state index is 12.5. The Hall–Kier alpha value is -1.49. The van der Waals surface area contributed by atoms with Crippen LogP contribution in [0.2, 0.25) is 0 Å². The van der Waals surface area contributed by atoms with Crippen LogP contribution < -0.4 is 4.74 Å². The molecule has 0 aliphatic carbocycles. The summed E-state index contributed by atoms with van der Waals surface area (Å²) in [5.41, 5.74) is 0.877. The molecule has 2 heterocycles. The zero-order valence-electron chi connectivity index (χ0n) is 8.11. The van der Waals surface area contributed by atoms with Crippen molar-refractivity contribution in [2.24, 2.45) is 0 Å². The van der Waals surface area contributed by atoms with Crippen molar-refractivity contribution in [2.75, 3.05) is 0 Å². The number of pyridine rings is 1. The van der Waals surface area contributed by atoms with E-state index in [2.05, 4.69) is 9.97 Å². The minimum Gasteiger partial charge on any atom is -0.486 e. The molecule has 0 radical (unpaired) electrons. The molecular weight excluding hydrogens is 215 g/mol. The van der Waals surface area contributed by atoms with Crippen LogP contribution in [0.4, 0.5) is 4.39 Å². The van der Waals surface area contributed by atoms with Crippen LogP contribution >= 0.6 is 11.3 Å². The largest absolute Gasteiger partial charge is 0.486 e. The molecule has 5 heteroatoms. The SMILES string of the molecule is Cc1nc(COc2ccc(F)nc2)cs1. The molecule has 0 atom stereocenters. The summed E-state index contributed by atoms with van der Waals surface area (Å²) in [5, 5.41) is 2.94. The van der Waals surface area contributed by atoms with Crippen molar-refractivity contribution in [3.63, 3.8) is 0 Å². The summed E-state index contributed by atoms with van der Waals surface area (Å²) in [7, 11) is 0. The molecule has 0 bridgehead atoms. The van der Waals surface area contributed by atoms with Gasteiger partial charge in [-0.1, -0.05) is 0 Å². The lowest BCUT2D eigenvalue weighted by Gasteiger charge is -2.02. The minimum absolute atomic E-state index is 0.387. The van der Waals surface area contributed by atoms with Gasteiger partial charge >= 0.3 is 0 Å². The van der Waals surface area contributed by atoms with Gasteiger partial charge < -0.3 is 4.74 Å². The molecule has 0 saturated carbocycles. The third kappa shape index (κ3) is 2.73. The van der Waals surface area contributed by atoms with E-state index in [1.165, 1.54) is 12.3 Å². The highest BCUT2D eigenvalue weighted by molar-refractivity contribution is 7.09. The second kappa shape index (κ2) is 4.35. The van der Waals surface area contributed by atoms with Crippen molar-refractivity contribution in [3.8, 4) is 5.75 Å². The van der Waals surface area contributed by atoms with Crippen molar-refractivity contribution in [3.05, 3.63) is 40.4 Å². The van der Waals surface area contributed by atoms with Gasteiger partial charge in [-0.15, -0.1) is 11.3 Å². The highest BCUT2D eigenvalue weighted by Gasteiger charge is 2.00. The number of rotatable bonds is 3. The highest BCUT2D eigenvalue weighted by atomic mass is 32.1. The molecular formula is C10H9FN2OS. The van der Waals surface area contributed by atoms with E-state index in [4.69, 9.17) is 4.74 Å². The lowest BCUT2D eigenvalue weighted by molar-refractivity contribution is 0.299. The number of ether oxygens (including phenoxy) is 1. The van der Waals surface area contributed by atoms with Gasteiger partial charge in [-0.2, -0.15) is 4.39 Å². The summed E-state index contributed by atoms with van der Waals surface area (Å²) in [4.78, 5) is 7.73. The van der Waals surface area contributed by atoms with Crippen molar-refractivity contribution >= 4 is 11.3 Å². The average molecular weight is 224 g/mol. The molecule has 0 aliphatic rings. The Labute approximate surface area is 90.6 Å². The molecule has 0 aromatic carbocycles. The number of halogens is 1. The zero-order chi connectivity index (χ0) is 10.7. The predicted molar refractivity (Wildman–Crippen MR) is 55.4 cm³/mol. The molecule has 0 amide bonds. The molecule has 2 rings (SSSR count). The van der Waals surface area contributed by atoms with E-state index in [0.717, 1.165) is 10.7 Å². The molecule has 78 valence electrons. The predicted octanol–water partition coefficient (Wildman–Crippen LogP) is 2.56. The molecule has 2 aromatic heterocycles. The minimum atomic E-state index is -0.508. The molecule has 2 aromatic rings. The van der Waals surface area contributed by atoms with Crippen LogP contribution in [-0.2, 0) is 6.61 Å². The second-order valence-electron chi connectivity index (χ2n) is 2.96. The van der Waals surface area contributed by atoms with Gasteiger partial charge in [0.1, 0.15) is 12.4 Å². The molecule has 0 saturated heterocycles. The fourth-order valence-electron chi connectivity index (χ4n) is 1.08. The third-order valence-electron chi connectivity index (χ3n) is 1.75. The van der Waals surface area contributed by atoms with Crippen LogP contribution in [0.3, 0.4) is 0 Å². The molecule has 0 fully saturated rings. The fraction of sp³-hybridized carbons (Fsp3) is 0.200. The van der Waals surface area contributed by atoms with Gasteiger partial charge in [0.15, 0.2) is 0 Å². The first-order valence-corrected chi connectivity index (χ1v) is 5.27. The van der Waals surface area contributed by atoms with E-state index in [1.807, 2.05) is 12.3 Å². The molecule has 0 unspecified atom stereocenters. The van der Waals surface area contributed by atoms with Crippen molar-refractivity contribution in [2.45, 2.75) is 13.5 Å². The van der Waals surface area contributed by atoms with Gasteiger partial charge in [0.2, 0.25) is 5.95 Å². The van der Waals surface area contributed by atoms with Crippen molar-refractivity contribution < 1.29 is 9.13 Å². The summed E-state index contributed by atoms with van der Waals surface area (Å²) in [6.07, 6.45) is 1.36. The quantitative estimate of drug-likeness (QED) is 0.751. The fourth-order valence-corrected chi connectivity index (χ4v) is 1.68. The Bertz CT molecular complexity index is 441. The molecule has 0 aliphatic heterocycles. The van der Waals surface area contributed by atoms with Gasteiger partial charge in [0.25, 0.3) is 0 Å². The Kier molecular flexibility index (Phi) is 2.91. The van der Waals surface area contributed by atoms with Crippen LogP contribution in [0.25, 0.3) is 0 Å². The number of hydrogen-bond donors (Lipinski definition) is 0. The van der Waals surface area contributed by atoms with Crippen LogP contribution in [0, 0.1) is 12.9 Å². The zero-order valence-corrected chi connectivity index (χ0v) is 8.92. The van der Waals surface area contributed by atoms with Crippen LogP contribution in [0.5, 0.6) is 5.75 Å². The maximum Gasteiger partial charge on any atom is 0.213 e. The number of hydrogen-bond acceptors (Lipinski definition) is 4. The monoisotopic (exact) mass is 224 g/mol. The lowest BCUT2D eigenvalue weighted by atomic mass is 10.4. The number of aromatic nitrogens is 2. The summed E-state index contributed by atoms with van der Waals surface area (Å²) >= 11 is 1.58. The van der Waals surface area contributed by atoms with Crippen molar-refractivity contribution in [1.82, 2.24) is 9.97 Å². The van der Waals surface area contributed by atoms with E-state index in [0.29, 0.717) is 12.4 Å². The number of aryl methyl sites for hydroxylation is 1. The van der Waals surface area contributed by atoms with Gasteiger partial charge in [-0.3, -0.25) is 0 Å². The summed E-state index contributed by atoms with van der Waals surface area (Å²) < 4.78 is 17.9. The van der Waals surface area contributed by atoms with Crippen LogP contribution in [-0.4, -0.2) is 9.97 Å². The first-order valence-electron chi connectivity index (χ1n) is 4.39. The van der Waals surface area contributed by atoms with E-state index in [-0.39, 0.29) is 0 Å². The first-order chi connectivity index (χ1) is 7.24. The summed E-state index contributed by atoms with van der Waals surface area (Å²) in [5.74, 6) is 0.0360. The molecule has 0 N–H and O–H groups in total. The molecule has 3 nitrogen and oxygen atoms in total. The Morgan fingerprint density at radius 2 is 2.33 bits per heavy atom. The van der Waals surface area contributed by atoms with E-state index in [1.54, 1.807) is 17.4 Å². The maximum atomic E-state index is 12.5. The Morgan fingerprint density at radius 3 is 2.93 bits per heavy atom. The topological polar surface area (TPSA) is 35.0 Å². The van der Waals surface area contributed by atoms with Crippen LogP contribution in [0.15, 0.2) is 23.7 Å². The first kappa shape index (κ1) is 10.0. The lowest BCUT2D eigenvalue weighted by Crippen LogP contribution is -1.96. The summed E-state index contributed by atoms with van der Waals surface area (Å²) in [6, 6.07) is 2.81.